The molecule has 6 nitrogen and oxygen atoms in total. The molecule has 1 fully saturated rings. The first-order chi connectivity index (χ1) is 11.5. The Hall–Kier alpha value is -2.44. The van der Waals surface area contributed by atoms with Crippen LogP contribution in [0.4, 0.5) is 0 Å². The van der Waals surface area contributed by atoms with E-state index in [2.05, 4.69) is 6.58 Å². The molecule has 1 aliphatic heterocycles. The van der Waals surface area contributed by atoms with E-state index in [9.17, 15) is 9.59 Å². The van der Waals surface area contributed by atoms with Crippen LogP contribution in [-0.4, -0.2) is 44.2 Å². The summed E-state index contributed by atoms with van der Waals surface area (Å²) < 4.78 is 16.4. The molecule has 0 radical (unpaired) electrons. The first kappa shape index (κ1) is 17.9. The zero-order chi connectivity index (χ0) is 17.5. The lowest BCUT2D eigenvalue weighted by molar-refractivity contribution is -0.156. The first-order valence-corrected chi connectivity index (χ1v) is 7.58. The molecule has 0 aromatic heterocycles. The average Bonchev–Trinajstić information content (AvgIpc) is 2.60. The number of benzene rings is 1. The number of nitrogens with two attached hydrogens (primary N) is 1. The van der Waals surface area contributed by atoms with E-state index in [0.29, 0.717) is 30.1 Å². The number of hydrogen-bond acceptors (Lipinski definition) is 5. The number of aldehydes is 1. The van der Waals surface area contributed by atoms with Crippen LogP contribution in [0.2, 0.25) is 0 Å². The molecule has 128 valence electrons. The van der Waals surface area contributed by atoms with Crippen LogP contribution in [0.3, 0.4) is 0 Å². The molecule has 2 N–H and O–H groups in total. The van der Waals surface area contributed by atoms with Crippen molar-refractivity contribution in [2.75, 3.05) is 19.8 Å². The van der Waals surface area contributed by atoms with Crippen LogP contribution in [0, 0.1) is 0 Å². The molecule has 0 spiro atoms. The predicted octanol–water partition coefficient (Wildman–Crippen LogP) is 1.49. The largest absolute Gasteiger partial charge is 0.491 e. The molecule has 2 unspecified atom stereocenters. The maximum Gasteiger partial charge on any atom is 0.244 e. The Balaban J connectivity index is 1.90. The molecule has 2 rings (SSSR count). The van der Waals surface area contributed by atoms with Gasteiger partial charge >= 0.3 is 0 Å². The highest BCUT2D eigenvalue weighted by Gasteiger charge is 2.23. The van der Waals surface area contributed by atoms with Crippen molar-refractivity contribution < 1.29 is 23.8 Å². The second-order valence-corrected chi connectivity index (χ2v) is 5.52. The molecule has 1 heterocycles. The number of carbonyl (C=O) groups excluding carboxylic acids is 2. The molecule has 0 bridgehead atoms. The lowest BCUT2D eigenvalue weighted by Crippen LogP contribution is -2.40. The third-order valence-electron chi connectivity index (χ3n) is 3.55. The maximum absolute atomic E-state index is 11.0. The fourth-order valence-corrected chi connectivity index (χ4v) is 2.17. The standard InChI is InChI=1S/C18H21NO5/c1-12(7-13(2)18(19)21)14-3-5-15(6-4-14)23-11-17-10-22-9-16(8-20)24-17/h3-8,16-17H,1,9-11H2,2H3,(H2,19,21)/b13-7+. The Labute approximate surface area is 140 Å². The van der Waals surface area contributed by atoms with Gasteiger partial charge in [0.05, 0.1) is 13.2 Å². The van der Waals surface area contributed by atoms with Gasteiger partial charge in [-0.1, -0.05) is 18.7 Å². The molecule has 24 heavy (non-hydrogen) atoms. The zero-order valence-corrected chi connectivity index (χ0v) is 13.6. The molecule has 6 heteroatoms. The molecule has 1 saturated heterocycles. The highest BCUT2D eigenvalue weighted by atomic mass is 16.6. The normalized spacial score (nSPS) is 21.1. The van der Waals surface area contributed by atoms with Gasteiger partial charge in [0.1, 0.15) is 24.6 Å². The van der Waals surface area contributed by atoms with Crippen molar-refractivity contribution >= 4 is 17.8 Å². The van der Waals surface area contributed by atoms with Gasteiger partial charge in [0.2, 0.25) is 5.91 Å². The van der Waals surface area contributed by atoms with Gasteiger partial charge < -0.3 is 24.7 Å². The first-order valence-electron chi connectivity index (χ1n) is 7.58. The Morgan fingerprint density at radius 2 is 2.08 bits per heavy atom. The predicted molar refractivity (Wildman–Crippen MR) is 89.5 cm³/mol. The van der Waals surface area contributed by atoms with Gasteiger partial charge in [0.15, 0.2) is 6.29 Å². The Morgan fingerprint density at radius 3 is 2.71 bits per heavy atom. The molecular weight excluding hydrogens is 310 g/mol. The van der Waals surface area contributed by atoms with E-state index in [1.54, 1.807) is 25.1 Å². The minimum absolute atomic E-state index is 0.273. The fourth-order valence-electron chi connectivity index (χ4n) is 2.17. The summed E-state index contributed by atoms with van der Waals surface area (Å²) in [6.45, 7) is 6.55. The Kier molecular flexibility index (Phi) is 6.28. The van der Waals surface area contributed by atoms with Gasteiger partial charge in [-0.05, 0) is 36.3 Å². The molecule has 1 aromatic carbocycles. The molecule has 1 amide bonds. The molecule has 1 aliphatic rings. The summed E-state index contributed by atoms with van der Waals surface area (Å²) in [7, 11) is 0. The van der Waals surface area contributed by atoms with E-state index in [4.69, 9.17) is 19.9 Å². The van der Waals surface area contributed by atoms with Crippen molar-refractivity contribution in [2.45, 2.75) is 19.1 Å². The monoisotopic (exact) mass is 331 g/mol. The van der Waals surface area contributed by atoms with Crippen LogP contribution in [-0.2, 0) is 19.1 Å². The van der Waals surface area contributed by atoms with E-state index in [-0.39, 0.29) is 12.7 Å². The van der Waals surface area contributed by atoms with Gasteiger partial charge in [0, 0.05) is 5.57 Å². The third kappa shape index (κ3) is 5.04. The SMILES string of the molecule is C=C(/C=C(\C)C(N)=O)c1ccc(OCC2COCC(C=O)O2)cc1. The Morgan fingerprint density at radius 1 is 1.38 bits per heavy atom. The number of amides is 1. The number of primary amides is 1. The summed E-state index contributed by atoms with van der Waals surface area (Å²) in [5.74, 6) is 0.193. The van der Waals surface area contributed by atoms with Crippen LogP contribution in [0.15, 0.2) is 42.5 Å². The summed E-state index contributed by atoms with van der Waals surface area (Å²) in [5.41, 5.74) is 7.20. The minimum atomic E-state index is -0.529. The van der Waals surface area contributed by atoms with Gasteiger partial charge in [-0.2, -0.15) is 0 Å². The van der Waals surface area contributed by atoms with Gasteiger partial charge in [0.25, 0.3) is 0 Å². The second-order valence-electron chi connectivity index (χ2n) is 5.52. The van der Waals surface area contributed by atoms with E-state index < -0.39 is 12.0 Å². The summed E-state index contributed by atoms with van der Waals surface area (Å²) >= 11 is 0. The third-order valence-corrected chi connectivity index (χ3v) is 3.55. The summed E-state index contributed by atoms with van der Waals surface area (Å²) in [6.07, 6.45) is 1.57. The second kappa shape index (κ2) is 8.42. The molecule has 0 saturated carbocycles. The Bertz CT molecular complexity index is 635. The van der Waals surface area contributed by atoms with Crippen LogP contribution in [0.5, 0.6) is 5.75 Å². The topological polar surface area (TPSA) is 87.9 Å². The summed E-state index contributed by atoms with van der Waals surface area (Å²) in [6, 6.07) is 7.29. The van der Waals surface area contributed by atoms with E-state index in [1.807, 2.05) is 12.1 Å². The lowest BCUT2D eigenvalue weighted by atomic mass is 10.0. The van der Waals surface area contributed by atoms with Crippen molar-refractivity contribution in [1.29, 1.82) is 0 Å². The summed E-state index contributed by atoms with van der Waals surface area (Å²) in [4.78, 5) is 21.8. The quantitative estimate of drug-likeness (QED) is 0.465. The van der Waals surface area contributed by atoms with Gasteiger partial charge in [-0.3, -0.25) is 4.79 Å². The number of carbonyl (C=O) groups is 2. The smallest absolute Gasteiger partial charge is 0.244 e. The number of hydrogen-bond donors (Lipinski definition) is 1. The van der Waals surface area contributed by atoms with Crippen molar-refractivity contribution in [2.24, 2.45) is 5.73 Å². The fraction of sp³-hybridized carbons (Fsp3) is 0.333. The van der Waals surface area contributed by atoms with E-state index in [0.717, 1.165) is 11.8 Å². The number of rotatable bonds is 7. The molecular formula is C18H21NO5. The van der Waals surface area contributed by atoms with Crippen molar-refractivity contribution in [3.05, 3.63) is 48.1 Å². The molecule has 2 atom stereocenters. The van der Waals surface area contributed by atoms with E-state index in [1.165, 1.54) is 0 Å². The van der Waals surface area contributed by atoms with Crippen LogP contribution in [0.1, 0.15) is 12.5 Å². The van der Waals surface area contributed by atoms with Crippen LogP contribution >= 0.6 is 0 Å². The van der Waals surface area contributed by atoms with Crippen molar-refractivity contribution in [3.63, 3.8) is 0 Å². The van der Waals surface area contributed by atoms with Gasteiger partial charge in [-0.15, -0.1) is 0 Å². The minimum Gasteiger partial charge on any atom is -0.491 e. The highest BCUT2D eigenvalue weighted by Crippen LogP contribution is 2.20. The molecule has 0 aliphatic carbocycles. The average molecular weight is 331 g/mol. The number of ether oxygens (including phenoxy) is 3. The molecule has 1 aromatic rings. The number of allylic oxidation sites excluding steroid dienone is 2. The lowest BCUT2D eigenvalue weighted by Gasteiger charge is -2.27. The van der Waals surface area contributed by atoms with Crippen molar-refractivity contribution in [1.82, 2.24) is 0 Å². The van der Waals surface area contributed by atoms with Gasteiger partial charge in [-0.25, -0.2) is 0 Å². The van der Waals surface area contributed by atoms with Crippen LogP contribution < -0.4 is 10.5 Å². The maximum atomic E-state index is 11.0. The van der Waals surface area contributed by atoms with Crippen LogP contribution in [0.25, 0.3) is 5.57 Å². The zero-order valence-electron chi connectivity index (χ0n) is 13.6. The highest BCUT2D eigenvalue weighted by molar-refractivity contribution is 5.94. The van der Waals surface area contributed by atoms with E-state index >= 15 is 0 Å². The van der Waals surface area contributed by atoms with Crippen molar-refractivity contribution in [3.8, 4) is 5.75 Å². The summed E-state index contributed by atoms with van der Waals surface area (Å²) in [5, 5.41) is 0.